The minimum absolute atomic E-state index is 0.484. The molecule has 0 spiro atoms. The lowest BCUT2D eigenvalue weighted by Crippen LogP contribution is -1.85. The van der Waals surface area contributed by atoms with Gasteiger partial charge in [-0.15, -0.1) is 0 Å². The van der Waals surface area contributed by atoms with E-state index in [-0.39, 0.29) is 0 Å². The zero-order valence-corrected chi connectivity index (χ0v) is 7.86. The Morgan fingerprint density at radius 3 is 2.57 bits per heavy atom. The van der Waals surface area contributed by atoms with Gasteiger partial charge in [-0.3, -0.25) is 4.79 Å². The van der Waals surface area contributed by atoms with E-state index in [2.05, 4.69) is 30.3 Å². The molecule has 0 heterocycles. The van der Waals surface area contributed by atoms with Crippen LogP contribution in [0.2, 0.25) is 0 Å². The molecule has 14 heavy (non-hydrogen) atoms. The first-order chi connectivity index (χ1) is 6.90. The summed E-state index contributed by atoms with van der Waals surface area (Å²) >= 11 is 0. The number of aryl methyl sites for hydroxylation is 1. The SMILES string of the molecule is O=[C]CCc1ccc2ccccc2c1. The molecule has 0 aromatic heterocycles. The van der Waals surface area contributed by atoms with Gasteiger partial charge in [0, 0.05) is 6.42 Å². The molecule has 0 atom stereocenters. The van der Waals surface area contributed by atoms with Gasteiger partial charge >= 0.3 is 0 Å². The number of benzene rings is 2. The van der Waals surface area contributed by atoms with E-state index in [1.165, 1.54) is 16.3 Å². The van der Waals surface area contributed by atoms with E-state index in [1.807, 2.05) is 18.4 Å². The number of carbonyl (C=O) groups excluding carboxylic acids is 1. The van der Waals surface area contributed by atoms with Crippen LogP contribution in [0.3, 0.4) is 0 Å². The van der Waals surface area contributed by atoms with E-state index in [1.54, 1.807) is 0 Å². The highest BCUT2D eigenvalue weighted by Gasteiger charge is 1.95. The van der Waals surface area contributed by atoms with E-state index in [0.717, 1.165) is 6.42 Å². The molecule has 0 bridgehead atoms. The number of hydrogen-bond donors (Lipinski definition) is 0. The third-order valence-corrected chi connectivity index (χ3v) is 2.33. The Labute approximate surface area is 83.4 Å². The zero-order chi connectivity index (χ0) is 9.80. The molecule has 1 radical (unpaired) electrons. The van der Waals surface area contributed by atoms with Crippen LogP contribution >= 0.6 is 0 Å². The van der Waals surface area contributed by atoms with Crippen molar-refractivity contribution in [3.05, 3.63) is 48.0 Å². The molecule has 0 amide bonds. The van der Waals surface area contributed by atoms with Crippen molar-refractivity contribution in [3.8, 4) is 0 Å². The van der Waals surface area contributed by atoms with Crippen LogP contribution in [0.25, 0.3) is 10.8 Å². The second-order valence-electron chi connectivity index (χ2n) is 3.33. The first-order valence-corrected chi connectivity index (χ1v) is 4.73. The number of hydrogen-bond acceptors (Lipinski definition) is 1. The molecule has 0 unspecified atom stereocenters. The third kappa shape index (κ3) is 1.82. The molecule has 69 valence electrons. The number of fused-ring (bicyclic) bond motifs is 1. The summed E-state index contributed by atoms with van der Waals surface area (Å²) in [6, 6.07) is 14.5. The van der Waals surface area contributed by atoms with Gasteiger partial charge in [0.2, 0.25) is 0 Å². The average molecular weight is 183 g/mol. The Kier molecular flexibility index (Phi) is 2.59. The van der Waals surface area contributed by atoms with Gasteiger partial charge < -0.3 is 0 Å². The lowest BCUT2D eigenvalue weighted by atomic mass is 10.0. The predicted octanol–water partition coefficient (Wildman–Crippen LogP) is 2.88. The van der Waals surface area contributed by atoms with Gasteiger partial charge in [0.05, 0.1) is 0 Å². The monoisotopic (exact) mass is 183 g/mol. The van der Waals surface area contributed by atoms with Crippen molar-refractivity contribution >= 4 is 17.1 Å². The summed E-state index contributed by atoms with van der Waals surface area (Å²) in [6.07, 6.45) is 3.18. The van der Waals surface area contributed by atoms with Crippen LogP contribution in [0.15, 0.2) is 42.5 Å². The second-order valence-corrected chi connectivity index (χ2v) is 3.33. The van der Waals surface area contributed by atoms with Gasteiger partial charge in [0.1, 0.15) is 0 Å². The minimum atomic E-state index is 0.484. The molecule has 0 N–H and O–H groups in total. The van der Waals surface area contributed by atoms with Crippen LogP contribution in [0, 0.1) is 0 Å². The maximum absolute atomic E-state index is 10.1. The van der Waals surface area contributed by atoms with Crippen molar-refractivity contribution in [3.63, 3.8) is 0 Å². The number of rotatable bonds is 3. The van der Waals surface area contributed by atoms with Crippen molar-refractivity contribution in [2.24, 2.45) is 0 Å². The van der Waals surface area contributed by atoms with E-state index in [4.69, 9.17) is 0 Å². The molecule has 0 aliphatic rings. The maximum Gasteiger partial charge on any atom is 0.198 e. The van der Waals surface area contributed by atoms with Crippen molar-refractivity contribution in [1.82, 2.24) is 0 Å². The zero-order valence-electron chi connectivity index (χ0n) is 7.86. The summed E-state index contributed by atoms with van der Waals surface area (Å²) in [7, 11) is 0. The highest BCUT2D eigenvalue weighted by Crippen LogP contribution is 2.16. The highest BCUT2D eigenvalue weighted by molar-refractivity contribution is 5.83. The van der Waals surface area contributed by atoms with Crippen LogP contribution < -0.4 is 0 Å². The highest BCUT2D eigenvalue weighted by atomic mass is 16.1. The van der Waals surface area contributed by atoms with Gasteiger partial charge in [-0.05, 0) is 22.8 Å². The first kappa shape index (κ1) is 8.95. The van der Waals surface area contributed by atoms with E-state index in [0.29, 0.717) is 6.42 Å². The van der Waals surface area contributed by atoms with Crippen LogP contribution in [0.5, 0.6) is 0 Å². The Hall–Kier alpha value is -1.63. The van der Waals surface area contributed by atoms with Gasteiger partial charge in [-0.25, -0.2) is 0 Å². The van der Waals surface area contributed by atoms with Gasteiger partial charge in [-0.1, -0.05) is 42.5 Å². The summed E-state index contributed by atoms with van der Waals surface area (Å²) in [4.78, 5) is 10.1. The topological polar surface area (TPSA) is 17.1 Å². The molecule has 0 aliphatic heterocycles. The molecule has 2 rings (SSSR count). The normalized spacial score (nSPS) is 10.3. The molecule has 0 saturated carbocycles. The van der Waals surface area contributed by atoms with Crippen molar-refractivity contribution < 1.29 is 4.79 Å². The largest absolute Gasteiger partial charge is 0.291 e. The standard InChI is InChI=1S/C13H11O/c14-9-3-4-11-7-8-12-5-1-2-6-13(12)10-11/h1-2,5-8,10H,3-4H2. The smallest absolute Gasteiger partial charge is 0.198 e. The van der Waals surface area contributed by atoms with Gasteiger partial charge in [0.15, 0.2) is 6.29 Å². The van der Waals surface area contributed by atoms with E-state index >= 15 is 0 Å². The second kappa shape index (κ2) is 4.05. The lowest BCUT2D eigenvalue weighted by Gasteiger charge is -2.00. The van der Waals surface area contributed by atoms with Crippen LogP contribution in [-0.2, 0) is 11.2 Å². The Morgan fingerprint density at radius 2 is 1.79 bits per heavy atom. The van der Waals surface area contributed by atoms with Crippen molar-refractivity contribution in [2.45, 2.75) is 12.8 Å². The molecule has 0 saturated heterocycles. The summed E-state index contributed by atoms with van der Waals surface area (Å²) < 4.78 is 0. The van der Waals surface area contributed by atoms with Gasteiger partial charge in [0.25, 0.3) is 0 Å². The van der Waals surface area contributed by atoms with Crippen LogP contribution in [0.1, 0.15) is 12.0 Å². The fourth-order valence-corrected chi connectivity index (χ4v) is 1.59. The first-order valence-electron chi connectivity index (χ1n) is 4.73. The fourth-order valence-electron chi connectivity index (χ4n) is 1.59. The Morgan fingerprint density at radius 1 is 1.00 bits per heavy atom. The third-order valence-electron chi connectivity index (χ3n) is 2.33. The molecular weight excluding hydrogens is 172 g/mol. The summed E-state index contributed by atoms with van der Waals surface area (Å²) in [5.41, 5.74) is 1.20. The van der Waals surface area contributed by atoms with Crippen molar-refractivity contribution in [2.75, 3.05) is 0 Å². The fraction of sp³-hybridized carbons (Fsp3) is 0.154. The average Bonchev–Trinajstić information content (AvgIpc) is 2.26. The molecular formula is C13H11O. The Bertz CT molecular complexity index is 446. The van der Waals surface area contributed by atoms with Gasteiger partial charge in [-0.2, -0.15) is 0 Å². The lowest BCUT2D eigenvalue weighted by molar-refractivity contribution is 0.551. The van der Waals surface area contributed by atoms with Crippen LogP contribution in [-0.4, -0.2) is 6.29 Å². The predicted molar refractivity (Wildman–Crippen MR) is 58.0 cm³/mol. The van der Waals surface area contributed by atoms with Crippen molar-refractivity contribution in [1.29, 1.82) is 0 Å². The molecule has 1 nitrogen and oxygen atoms in total. The molecule has 2 aromatic carbocycles. The van der Waals surface area contributed by atoms with Crippen LogP contribution in [0.4, 0.5) is 0 Å². The molecule has 0 aliphatic carbocycles. The van der Waals surface area contributed by atoms with E-state index < -0.39 is 0 Å². The Balaban J connectivity index is 2.36. The summed E-state index contributed by atoms with van der Waals surface area (Å²) in [5, 5.41) is 2.47. The quantitative estimate of drug-likeness (QED) is 0.715. The summed E-state index contributed by atoms with van der Waals surface area (Å²) in [6.45, 7) is 0. The molecule has 0 fully saturated rings. The molecule has 1 heteroatoms. The minimum Gasteiger partial charge on any atom is -0.291 e. The molecule has 2 aromatic rings. The van der Waals surface area contributed by atoms with E-state index in [9.17, 15) is 4.79 Å². The summed E-state index contributed by atoms with van der Waals surface area (Å²) in [5.74, 6) is 0. The maximum atomic E-state index is 10.1.